The minimum Gasteiger partial charge on any atom is -0.394 e. The zero-order chi connectivity index (χ0) is 12.7. The maximum atomic E-state index is 6.22. The zero-order valence-electron chi connectivity index (χ0n) is 11.5. The summed E-state index contributed by atoms with van der Waals surface area (Å²) in [6, 6.07) is 0.699. The van der Waals surface area contributed by atoms with Crippen molar-refractivity contribution in [2.75, 3.05) is 17.2 Å². The summed E-state index contributed by atoms with van der Waals surface area (Å²) in [6.07, 6.45) is 8.25. The van der Waals surface area contributed by atoms with E-state index >= 15 is 0 Å². The molecule has 0 radical (unpaired) electrons. The van der Waals surface area contributed by atoms with Gasteiger partial charge in [0.1, 0.15) is 0 Å². The van der Waals surface area contributed by atoms with Gasteiger partial charge in [-0.15, -0.1) is 0 Å². The number of nitrogens with two attached hydrogens (primary N) is 1. The molecule has 0 bridgehead atoms. The second-order valence-corrected chi connectivity index (χ2v) is 5.89. The molecular formula is C14H24N4. The van der Waals surface area contributed by atoms with Crippen LogP contribution in [0.4, 0.5) is 11.5 Å². The molecule has 2 fully saturated rings. The van der Waals surface area contributed by atoms with Crippen LogP contribution in [0.3, 0.4) is 0 Å². The van der Waals surface area contributed by atoms with E-state index in [1.54, 1.807) is 0 Å². The van der Waals surface area contributed by atoms with E-state index in [-0.39, 0.29) is 0 Å². The molecule has 1 aromatic rings. The lowest BCUT2D eigenvalue weighted by Crippen LogP contribution is -2.36. The van der Waals surface area contributed by atoms with E-state index in [1.165, 1.54) is 38.5 Å². The highest BCUT2D eigenvalue weighted by molar-refractivity contribution is 5.67. The van der Waals surface area contributed by atoms with Crippen LogP contribution in [0, 0.1) is 12.8 Å². The van der Waals surface area contributed by atoms with E-state index in [2.05, 4.69) is 10.00 Å². The molecule has 1 atom stereocenters. The van der Waals surface area contributed by atoms with Gasteiger partial charge >= 0.3 is 0 Å². The predicted octanol–water partition coefficient (Wildman–Crippen LogP) is 2.47. The largest absolute Gasteiger partial charge is 0.394 e. The molecule has 100 valence electrons. The first kappa shape index (κ1) is 11.9. The van der Waals surface area contributed by atoms with Crippen LogP contribution in [-0.4, -0.2) is 22.4 Å². The normalized spacial score (nSPS) is 25.2. The Morgan fingerprint density at radius 3 is 2.50 bits per heavy atom. The van der Waals surface area contributed by atoms with E-state index in [0.29, 0.717) is 6.04 Å². The van der Waals surface area contributed by atoms with Gasteiger partial charge in [-0.25, -0.2) is 0 Å². The molecule has 2 aliphatic rings. The Balaban J connectivity index is 1.89. The fraction of sp³-hybridized carbons (Fsp3) is 0.786. The zero-order valence-corrected chi connectivity index (χ0v) is 11.5. The third kappa shape index (κ3) is 1.78. The molecule has 4 heteroatoms. The van der Waals surface area contributed by atoms with Crippen LogP contribution < -0.4 is 10.6 Å². The molecule has 1 saturated carbocycles. The number of nitrogens with zero attached hydrogens (tertiary/aromatic N) is 3. The second-order valence-electron chi connectivity index (χ2n) is 5.89. The van der Waals surface area contributed by atoms with Crippen LogP contribution in [0.15, 0.2) is 0 Å². The molecule has 4 nitrogen and oxygen atoms in total. The topological polar surface area (TPSA) is 47.1 Å². The van der Waals surface area contributed by atoms with Gasteiger partial charge < -0.3 is 10.6 Å². The molecular weight excluding hydrogens is 224 g/mol. The van der Waals surface area contributed by atoms with E-state index in [4.69, 9.17) is 5.73 Å². The third-order valence-corrected chi connectivity index (χ3v) is 4.75. The number of rotatable bonds is 2. The molecule has 0 amide bonds. The molecule has 2 heterocycles. The molecule has 18 heavy (non-hydrogen) atoms. The van der Waals surface area contributed by atoms with Crippen molar-refractivity contribution in [3.05, 3.63) is 5.69 Å². The minimum atomic E-state index is 0.699. The monoisotopic (exact) mass is 248 g/mol. The van der Waals surface area contributed by atoms with Crippen molar-refractivity contribution in [1.29, 1.82) is 0 Å². The van der Waals surface area contributed by atoms with Crippen LogP contribution in [0.5, 0.6) is 0 Å². The highest BCUT2D eigenvalue weighted by atomic mass is 15.4. The number of hydrogen-bond donors (Lipinski definition) is 1. The van der Waals surface area contributed by atoms with Crippen molar-refractivity contribution in [1.82, 2.24) is 9.78 Å². The molecule has 1 unspecified atom stereocenters. The van der Waals surface area contributed by atoms with Gasteiger partial charge in [-0.2, -0.15) is 5.10 Å². The standard InChI is InChI=1S/C14H24N4/c1-10-13(15)14(17(2)16-10)18-9-5-8-12(18)11-6-3-4-7-11/h11-12H,3-9,15H2,1-2H3. The first-order valence-corrected chi connectivity index (χ1v) is 7.24. The lowest BCUT2D eigenvalue weighted by atomic mass is 9.96. The van der Waals surface area contributed by atoms with Crippen molar-refractivity contribution in [3.63, 3.8) is 0 Å². The molecule has 1 aromatic heterocycles. The summed E-state index contributed by atoms with van der Waals surface area (Å²) in [5.74, 6) is 2.03. The smallest absolute Gasteiger partial charge is 0.150 e. The SMILES string of the molecule is Cc1nn(C)c(N2CCCC2C2CCCC2)c1N. The van der Waals surface area contributed by atoms with E-state index < -0.39 is 0 Å². The second kappa shape index (κ2) is 4.48. The Bertz CT molecular complexity index is 431. The number of nitrogen functional groups attached to an aromatic ring is 1. The van der Waals surface area contributed by atoms with Gasteiger partial charge in [-0.3, -0.25) is 4.68 Å². The summed E-state index contributed by atoms with van der Waals surface area (Å²) >= 11 is 0. The lowest BCUT2D eigenvalue weighted by Gasteiger charge is -2.31. The number of anilines is 2. The summed E-state index contributed by atoms with van der Waals surface area (Å²) in [5, 5.41) is 4.47. The van der Waals surface area contributed by atoms with Gasteiger partial charge in [0.25, 0.3) is 0 Å². The fourth-order valence-electron chi connectivity index (χ4n) is 3.89. The summed E-state index contributed by atoms with van der Waals surface area (Å²) < 4.78 is 1.97. The summed E-state index contributed by atoms with van der Waals surface area (Å²) in [7, 11) is 2.02. The van der Waals surface area contributed by atoms with Crippen molar-refractivity contribution < 1.29 is 0 Å². The van der Waals surface area contributed by atoms with Crippen molar-refractivity contribution in [2.45, 2.75) is 51.5 Å². The van der Waals surface area contributed by atoms with Gasteiger partial charge in [-0.05, 0) is 38.5 Å². The fourth-order valence-corrected chi connectivity index (χ4v) is 3.89. The van der Waals surface area contributed by atoms with Gasteiger partial charge in [0.2, 0.25) is 0 Å². The summed E-state index contributed by atoms with van der Waals surface area (Å²) in [4.78, 5) is 2.53. The lowest BCUT2D eigenvalue weighted by molar-refractivity contribution is 0.426. The molecule has 0 aromatic carbocycles. The van der Waals surface area contributed by atoms with Gasteiger partial charge in [0.05, 0.1) is 11.4 Å². The Morgan fingerprint density at radius 2 is 1.89 bits per heavy atom. The number of hydrogen-bond acceptors (Lipinski definition) is 3. The Hall–Kier alpha value is -1.19. The quantitative estimate of drug-likeness (QED) is 0.874. The highest BCUT2D eigenvalue weighted by Gasteiger charge is 2.35. The molecule has 2 N–H and O–H groups in total. The van der Waals surface area contributed by atoms with Crippen molar-refractivity contribution in [2.24, 2.45) is 13.0 Å². The maximum Gasteiger partial charge on any atom is 0.150 e. The maximum absolute atomic E-state index is 6.22. The van der Waals surface area contributed by atoms with Crippen molar-refractivity contribution in [3.8, 4) is 0 Å². The molecule has 1 saturated heterocycles. The van der Waals surface area contributed by atoms with Crippen LogP contribution >= 0.6 is 0 Å². The van der Waals surface area contributed by atoms with Crippen LogP contribution in [0.2, 0.25) is 0 Å². The average Bonchev–Trinajstić information content (AvgIpc) is 3.01. The molecule has 3 rings (SSSR count). The van der Waals surface area contributed by atoms with Crippen LogP contribution in [0.1, 0.15) is 44.2 Å². The third-order valence-electron chi connectivity index (χ3n) is 4.75. The van der Waals surface area contributed by atoms with Crippen LogP contribution in [0.25, 0.3) is 0 Å². The molecule has 1 aliphatic carbocycles. The first-order valence-electron chi connectivity index (χ1n) is 7.24. The Morgan fingerprint density at radius 1 is 1.17 bits per heavy atom. The average molecular weight is 248 g/mol. The minimum absolute atomic E-state index is 0.699. The van der Waals surface area contributed by atoms with E-state index in [0.717, 1.165) is 29.7 Å². The number of aryl methyl sites for hydroxylation is 2. The van der Waals surface area contributed by atoms with Gasteiger partial charge in [0, 0.05) is 19.6 Å². The van der Waals surface area contributed by atoms with E-state index in [1.807, 2.05) is 18.7 Å². The highest BCUT2D eigenvalue weighted by Crippen LogP contribution is 2.39. The molecule has 1 aliphatic heterocycles. The van der Waals surface area contributed by atoms with Gasteiger partial charge in [-0.1, -0.05) is 12.8 Å². The summed E-state index contributed by atoms with van der Waals surface area (Å²) in [6.45, 7) is 3.14. The summed E-state index contributed by atoms with van der Waals surface area (Å²) in [5.41, 5.74) is 8.06. The Kier molecular flexibility index (Phi) is 2.96. The number of aromatic nitrogens is 2. The predicted molar refractivity (Wildman–Crippen MR) is 74.7 cm³/mol. The van der Waals surface area contributed by atoms with Crippen LogP contribution in [-0.2, 0) is 7.05 Å². The van der Waals surface area contributed by atoms with E-state index in [9.17, 15) is 0 Å². The van der Waals surface area contributed by atoms with Gasteiger partial charge in [0.15, 0.2) is 5.82 Å². The first-order chi connectivity index (χ1) is 8.68. The van der Waals surface area contributed by atoms with Crippen molar-refractivity contribution >= 4 is 11.5 Å². The Labute approximate surface area is 109 Å². The molecule has 0 spiro atoms.